The number of aromatic hydroxyl groups is 1. The average Bonchev–Trinajstić information content (AvgIpc) is 3.03. The molecule has 25 heavy (non-hydrogen) atoms. The number of aromatic nitrogens is 3. The lowest BCUT2D eigenvalue weighted by Gasteiger charge is -2.07. The second-order valence-electron chi connectivity index (χ2n) is 4.92. The molecule has 7 nitrogen and oxygen atoms in total. The van der Waals surface area contributed by atoms with Crippen molar-refractivity contribution in [3.8, 4) is 11.4 Å². The maximum atomic E-state index is 12.0. The first-order valence-electron chi connectivity index (χ1n) is 7.05. The van der Waals surface area contributed by atoms with E-state index in [1.807, 2.05) is 30.3 Å². The first kappa shape index (κ1) is 17.1. The molecule has 9 heteroatoms. The van der Waals surface area contributed by atoms with E-state index in [-0.39, 0.29) is 33.1 Å². The summed E-state index contributed by atoms with van der Waals surface area (Å²) in [6.07, 6.45) is 1.53. The summed E-state index contributed by atoms with van der Waals surface area (Å²) in [4.78, 5) is 16.0. The number of rotatable bonds is 4. The molecule has 0 radical (unpaired) electrons. The highest BCUT2D eigenvalue weighted by molar-refractivity contribution is 6.36. The molecule has 0 fully saturated rings. The van der Waals surface area contributed by atoms with Crippen molar-refractivity contribution in [2.75, 3.05) is 12.4 Å². The van der Waals surface area contributed by atoms with Gasteiger partial charge < -0.3 is 15.2 Å². The second kappa shape index (κ2) is 7.00. The van der Waals surface area contributed by atoms with Crippen LogP contribution in [0.3, 0.4) is 0 Å². The molecule has 0 amide bonds. The smallest absolute Gasteiger partial charge is 0.343 e. The molecular weight excluding hydrogens is 367 g/mol. The fourth-order valence-electron chi connectivity index (χ4n) is 2.10. The zero-order chi connectivity index (χ0) is 18.0. The largest absolute Gasteiger partial charge is 0.504 e. The number of esters is 1. The summed E-state index contributed by atoms with van der Waals surface area (Å²) in [5, 5.41) is 16.6. The van der Waals surface area contributed by atoms with Crippen molar-refractivity contribution in [1.82, 2.24) is 14.8 Å². The summed E-state index contributed by atoms with van der Waals surface area (Å²) < 4.78 is 6.31. The van der Waals surface area contributed by atoms with Crippen molar-refractivity contribution < 1.29 is 14.6 Å². The van der Waals surface area contributed by atoms with E-state index in [1.165, 1.54) is 24.1 Å². The summed E-state index contributed by atoms with van der Waals surface area (Å²) in [7, 11) is 1.28. The molecular formula is C16H12Cl2N4O3. The summed E-state index contributed by atoms with van der Waals surface area (Å²) >= 11 is 11.7. The molecule has 0 aliphatic heterocycles. The molecule has 0 aliphatic rings. The Kier molecular flexibility index (Phi) is 4.78. The lowest BCUT2D eigenvalue weighted by atomic mass is 10.3. The molecule has 0 spiro atoms. The highest BCUT2D eigenvalue weighted by atomic mass is 35.5. The number of carbonyl (C=O) groups is 1. The van der Waals surface area contributed by atoms with E-state index >= 15 is 0 Å². The van der Waals surface area contributed by atoms with Gasteiger partial charge in [-0.3, -0.25) is 0 Å². The van der Waals surface area contributed by atoms with Gasteiger partial charge in [-0.2, -0.15) is 0 Å². The number of para-hydroxylation sites is 1. The van der Waals surface area contributed by atoms with Crippen LogP contribution < -0.4 is 5.32 Å². The Bertz CT molecular complexity index is 905. The lowest BCUT2D eigenvalue weighted by Crippen LogP contribution is -2.04. The maximum Gasteiger partial charge on any atom is 0.343 e. The van der Waals surface area contributed by atoms with Gasteiger partial charge in [0.25, 0.3) is 0 Å². The molecule has 0 bridgehead atoms. The van der Waals surface area contributed by atoms with E-state index in [1.54, 1.807) is 0 Å². The van der Waals surface area contributed by atoms with Crippen LogP contribution in [0.2, 0.25) is 10.2 Å². The normalized spacial score (nSPS) is 10.5. The van der Waals surface area contributed by atoms with Crippen LogP contribution in [0.25, 0.3) is 5.69 Å². The van der Waals surface area contributed by atoms with Crippen LogP contribution in [0, 0.1) is 0 Å². The quantitative estimate of drug-likeness (QED) is 0.529. The van der Waals surface area contributed by atoms with Crippen molar-refractivity contribution in [2.24, 2.45) is 0 Å². The van der Waals surface area contributed by atoms with Crippen LogP contribution in [-0.4, -0.2) is 33.0 Å². The molecule has 2 heterocycles. The molecule has 3 rings (SSSR count). The molecule has 2 aromatic heterocycles. The van der Waals surface area contributed by atoms with E-state index in [4.69, 9.17) is 27.9 Å². The molecule has 3 aromatic rings. The van der Waals surface area contributed by atoms with Crippen LogP contribution >= 0.6 is 23.2 Å². The fourth-order valence-corrected chi connectivity index (χ4v) is 2.54. The molecule has 2 N–H and O–H groups in total. The van der Waals surface area contributed by atoms with E-state index < -0.39 is 5.97 Å². The van der Waals surface area contributed by atoms with Gasteiger partial charge in [0.15, 0.2) is 16.7 Å². The summed E-state index contributed by atoms with van der Waals surface area (Å²) in [5.41, 5.74) is 0.962. The third-order valence-corrected chi connectivity index (χ3v) is 3.84. The van der Waals surface area contributed by atoms with Gasteiger partial charge in [0.1, 0.15) is 11.4 Å². The number of pyridine rings is 1. The number of nitrogens with one attached hydrogen (secondary N) is 1. The summed E-state index contributed by atoms with van der Waals surface area (Å²) in [6, 6.07) is 10.6. The number of hydrogen-bond acceptors (Lipinski definition) is 6. The number of ether oxygens (including phenoxy) is 1. The van der Waals surface area contributed by atoms with E-state index in [0.717, 1.165) is 5.69 Å². The van der Waals surface area contributed by atoms with Crippen molar-refractivity contribution in [3.05, 3.63) is 58.3 Å². The number of benzene rings is 1. The Morgan fingerprint density at radius 2 is 2.00 bits per heavy atom. The number of anilines is 2. The van der Waals surface area contributed by atoms with Crippen LogP contribution in [0.5, 0.6) is 5.75 Å². The lowest BCUT2D eigenvalue weighted by molar-refractivity contribution is 0.0602. The highest BCUT2D eigenvalue weighted by Gasteiger charge is 2.19. The highest BCUT2D eigenvalue weighted by Crippen LogP contribution is 2.33. The van der Waals surface area contributed by atoms with Gasteiger partial charge in [-0.25, -0.2) is 14.5 Å². The fraction of sp³-hybridized carbons (Fsp3) is 0.0625. The number of carbonyl (C=O) groups excluding carboxylic acids is 1. The van der Waals surface area contributed by atoms with Crippen LogP contribution in [-0.2, 0) is 4.74 Å². The van der Waals surface area contributed by atoms with E-state index in [0.29, 0.717) is 0 Å². The van der Waals surface area contributed by atoms with Crippen LogP contribution in [0.4, 0.5) is 11.6 Å². The minimum atomic E-state index is -0.569. The first-order chi connectivity index (χ1) is 12.0. The Balaban J connectivity index is 2.03. The standard InChI is InChI=1S/C16H12Cl2N4O3/c1-25-16(24)10-8-22(9-5-3-2-4-6-9)21-15(10)20-12-7-11(17)13(23)14(18)19-12/h2-8,23H,1H3,(H,19,20,21). The van der Waals surface area contributed by atoms with Gasteiger partial charge in [0.2, 0.25) is 0 Å². The van der Waals surface area contributed by atoms with Gasteiger partial charge >= 0.3 is 5.97 Å². The molecule has 1 aromatic carbocycles. The number of halogens is 2. The average molecular weight is 379 g/mol. The van der Waals surface area contributed by atoms with E-state index in [9.17, 15) is 9.90 Å². The Morgan fingerprint density at radius 3 is 2.64 bits per heavy atom. The van der Waals surface area contributed by atoms with Crippen molar-refractivity contribution in [2.45, 2.75) is 0 Å². The predicted molar refractivity (Wildman–Crippen MR) is 94.1 cm³/mol. The minimum Gasteiger partial charge on any atom is -0.504 e. The van der Waals surface area contributed by atoms with Gasteiger partial charge in [-0.15, -0.1) is 5.10 Å². The van der Waals surface area contributed by atoms with Crippen LogP contribution in [0.15, 0.2) is 42.6 Å². The van der Waals surface area contributed by atoms with E-state index in [2.05, 4.69) is 15.4 Å². The SMILES string of the molecule is COC(=O)c1cn(-c2ccccc2)nc1Nc1cc(Cl)c(O)c(Cl)n1. The van der Waals surface area contributed by atoms with Crippen molar-refractivity contribution in [3.63, 3.8) is 0 Å². The second-order valence-corrected chi connectivity index (χ2v) is 5.68. The van der Waals surface area contributed by atoms with Gasteiger partial charge in [-0.05, 0) is 12.1 Å². The van der Waals surface area contributed by atoms with Crippen molar-refractivity contribution in [1.29, 1.82) is 0 Å². The topological polar surface area (TPSA) is 89.3 Å². The number of hydrogen-bond donors (Lipinski definition) is 2. The zero-order valence-electron chi connectivity index (χ0n) is 12.9. The van der Waals surface area contributed by atoms with Gasteiger partial charge in [-0.1, -0.05) is 41.4 Å². The Hall–Kier alpha value is -2.77. The van der Waals surface area contributed by atoms with Crippen LogP contribution in [0.1, 0.15) is 10.4 Å². The van der Waals surface area contributed by atoms with Gasteiger partial charge in [0, 0.05) is 12.3 Å². The minimum absolute atomic E-state index is 0.0182. The summed E-state index contributed by atoms with van der Waals surface area (Å²) in [5.74, 6) is -0.463. The maximum absolute atomic E-state index is 12.0. The third kappa shape index (κ3) is 3.52. The van der Waals surface area contributed by atoms with Gasteiger partial charge in [0.05, 0.1) is 17.8 Å². The molecule has 128 valence electrons. The first-order valence-corrected chi connectivity index (χ1v) is 7.80. The molecule has 0 aliphatic carbocycles. The molecule has 0 atom stereocenters. The Labute approximate surface area is 152 Å². The molecule has 0 unspecified atom stereocenters. The number of methoxy groups -OCH3 is 1. The monoisotopic (exact) mass is 378 g/mol. The third-order valence-electron chi connectivity index (χ3n) is 3.29. The number of nitrogens with zero attached hydrogens (tertiary/aromatic N) is 3. The predicted octanol–water partition coefficient (Wildman–Crippen LogP) is 3.81. The molecule has 0 saturated carbocycles. The Morgan fingerprint density at radius 1 is 1.28 bits per heavy atom. The zero-order valence-corrected chi connectivity index (χ0v) is 14.4. The van der Waals surface area contributed by atoms with Crippen molar-refractivity contribution >= 4 is 40.8 Å². The summed E-state index contributed by atoms with van der Waals surface area (Å²) in [6.45, 7) is 0. The molecule has 0 saturated heterocycles.